The van der Waals surface area contributed by atoms with E-state index >= 15 is 0 Å². The fourth-order valence-corrected chi connectivity index (χ4v) is 1.73. The summed E-state index contributed by atoms with van der Waals surface area (Å²) in [4.78, 5) is 16.1. The minimum atomic E-state index is -0.578. The topological polar surface area (TPSA) is 71.5 Å². The number of amides is 1. The van der Waals surface area contributed by atoms with Crippen molar-refractivity contribution < 1.29 is 14.6 Å². The van der Waals surface area contributed by atoms with Gasteiger partial charge in [-0.1, -0.05) is 13.8 Å². The second-order valence-electron chi connectivity index (χ2n) is 4.18. The van der Waals surface area contributed by atoms with Crippen LogP contribution in [0.5, 0.6) is 5.75 Å². The van der Waals surface area contributed by atoms with Gasteiger partial charge in [-0.2, -0.15) is 0 Å². The molecule has 0 aliphatic heterocycles. The smallest absolute Gasteiger partial charge is 0.255 e. The third-order valence-corrected chi connectivity index (χ3v) is 3.28. The minimum Gasteiger partial charge on any atom is -0.494 e. The van der Waals surface area contributed by atoms with E-state index in [1.54, 1.807) is 6.07 Å². The van der Waals surface area contributed by atoms with Crippen LogP contribution in [0, 0.1) is 0 Å². The van der Waals surface area contributed by atoms with Crippen LogP contribution in [-0.2, 0) is 0 Å². The van der Waals surface area contributed by atoms with Crippen molar-refractivity contribution in [3.63, 3.8) is 0 Å². The second-order valence-corrected chi connectivity index (χ2v) is 4.18. The van der Waals surface area contributed by atoms with Crippen molar-refractivity contribution in [2.75, 3.05) is 13.7 Å². The number of nitrogens with zero attached hydrogens (tertiary/aromatic N) is 1. The zero-order valence-electron chi connectivity index (χ0n) is 11.1. The summed E-state index contributed by atoms with van der Waals surface area (Å²) in [5, 5.41) is 12.3. The van der Waals surface area contributed by atoms with E-state index in [2.05, 4.69) is 10.3 Å². The van der Waals surface area contributed by atoms with Crippen LogP contribution in [0.3, 0.4) is 0 Å². The number of carbonyl (C=O) groups is 1. The summed E-state index contributed by atoms with van der Waals surface area (Å²) in [6.45, 7) is 3.78. The Morgan fingerprint density at radius 1 is 1.50 bits per heavy atom. The molecule has 0 bridgehead atoms. The highest BCUT2D eigenvalue weighted by atomic mass is 16.5. The maximum atomic E-state index is 12.2. The first-order valence-corrected chi connectivity index (χ1v) is 6.03. The highest BCUT2D eigenvalue weighted by Gasteiger charge is 2.28. The highest BCUT2D eigenvalue weighted by molar-refractivity contribution is 5.97. The Bertz CT molecular complexity index is 395. The Balaban J connectivity index is 2.94. The van der Waals surface area contributed by atoms with E-state index in [4.69, 9.17) is 4.74 Å². The normalized spacial score (nSPS) is 11.1. The molecule has 0 saturated heterocycles. The van der Waals surface area contributed by atoms with Gasteiger partial charge in [0.25, 0.3) is 5.91 Å². The molecule has 1 aromatic heterocycles. The van der Waals surface area contributed by atoms with Crippen LogP contribution >= 0.6 is 0 Å². The number of hydrogen-bond donors (Lipinski definition) is 2. The summed E-state index contributed by atoms with van der Waals surface area (Å²) >= 11 is 0. The van der Waals surface area contributed by atoms with Crippen molar-refractivity contribution in [2.45, 2.75) is 32.2 Å². The van der Waals surface area contributed by atoms with Crippen molar-refractivity contribution in [3.8, 4) is 5.75 Å². The van der Waals surface area contributed by atoms with E-state index in [1.807, 2.05) is 13.8 Å². The first-order chi connectivity index (χ1) is 8.62. The molecule has 1 heterocycles. The molecule has 0 aromatic carbocycles. The van der Waals surface area contributed by atoms with Crippen LogP contribution in [0.2, 0.25) is 0 Å². The van der Waals surface area contributed by atoms with Gasteiger partial charge in [-0.15, -0.1) is 0 Å². The maximum absolute atomic E-state index is 12.2. The molecule has 0 radical (unpaired) electrons. The third-order valence-electron chi connectivity index (χ3n) is 3.28. The number of nitrogens with one attached hydrogen (secondary N) is 1. The third kappa shape index (κ3) is 2.98. The standard InChI is InChI=1S/C13H20N2O3/c1-4-13(5-2,9-16)15-12(17)10-6-7-14-8-11(10)18-3/h6-8,16H,4-5,9H2,1-3H3,(H,15,17). The molecule has 0 aliphatic rings. The summed E-state index contributed by atoms with van der Waals surface area (Å²) in [5.41, 5.74) is -0.155. The van der Waals surface area contributed by atoms with E-state index in [0.717, 1.165) is 0 Å². The first-order valence-electron chi connectivity index (χ1n) is 6.03. The van der Waals surface area contributed by atoms with Crippen LogP contribution in [0.1, 0.15) is 37.0 Å². The molecule has 5 nitrogen and oxygen atoms in total. The summed E-state index contributed by atoms with van der Waals surface area (Å²) in [6, 6.07) is 1.60. The van der Waals surface area contributed by atoms with Gasteiger partial charge in [0.1, 0.15) is 5.75 Å². The number of aliphatic hydroxyl groups excluding tert-OH is 1. The number of aromatic nitrogens is 1. The molecule has 0 fully saturated rings. The quantitative estimate of drug-likeness (QED) is 0.802. The Morgan fingerprint density at radius 3 is 2.67 bits per heavy atom. The van der Waals surface area contributed by atoms with Crippen LogP contribution in [-0.4, -0.2) is 35.3 Å². The predicted octanol–water partition coefficient (Wildman–Crippen LogP) is 1.37. The molecule has 0 atom stereocenters. The fraction of sp³-hybridized carbons (Fsp3) is 0.538. The van der Waals surface area contributed by atoms with Crippen LogP contribution < -0.4 is 10.1 Å². The van der Waals surface area contributed by atoms with E-state index in [-0.39, 0.29) is 12.5 Å². The number of carbonyl (C=O) groups excluding carboxylic acids is 1. The number of rotatable bonds is 6. The Kier molecular flexibility index (Phi) is 5.09. The van der Waals surface area contributed by atoms with Gasteiger partial charge in [0.15, 0.2) is 0 Å². The van der Waals surface area contributed by atoms with Gasteiger partial charge < -0.3 is 15.2 Å². The number of pyridine rings is 1. The van der Waals surface area contributed by atoms with Gasteiger partial charge in [0, 0.05) is 6.20 Å². The van der Waals surface area contributed by atoms with Crippen LogP contribution in [0.25, 0.3) is 0 Å². The molecular weight excluding hydrogens is 232 g/mol. The Hall–Kier alpha value is -1.62. The molecule has 2 N–H and O–H groups in total. The predicted molar refractivity (Wildman–Crippen MR) is 68.7 cm³/mol. The summed E-state index contributed by atoms with van der Waals surface area (Å²) < 4.78 is 5.10. The molecule has 0 unspecified atom stereocenters. The van der Waals surface area contributed by atoms with Gasteiger partial charge >= 0.3 is 0 Å². The molecule has 0 saturated carbocycles. The lowest BCUT2D eigenvalue weighted by atomic mass is 9.93. The van der Waals surface area contributed by atoms with E-state index in [1.165, 1.54) is 19.5 Å². The SMILES string of the molecule is CCC(CC)(CO)NC(=O)c1ccncc1OC. The average Bonchev–Trinajstić information content (AvgIpc) is 2.44. The van der Waals surface area contributed by atoms with Crippen molar-refractivity contribution >= 4 is 5.91 Å². The lowest BCUT2D eigenvalue weighted by Gasteiger charge is -2.30. The van der Waals surface area contributed by atoms with Gasteiger partial charge in [0.05, 0.1) is 31.0 Å². The van der Waals surface area contributed by atoms with Gasteiger partial charge in [-0.05, 0) is 18.9 Å². The molecule has 1 aromatic rings. The number of hydrogen-bond acceptors (Lipinski definition) is 4. The van der Waals surface area contributed by atoms with Gasteiger partial charge in [0.2, 0.25) is 0 Å². The zero-order valence-corrected chi connectivity index (χ0v) is 11.1. The Morgan fingerprint density at radius 2 is 2.17 bits per heavy atom. The monoisotopic (exact) mass is 252 g/mol. The summed E-state index contributed by atoms with van der Waals surface area (Å²) in [6.07, 6.45) is 4.36. The van der Waals surface area contributed by atoms with Crippen molar-refractivity contribution in [1.29, 1.82) is 0 Å². The average molecular weight is 252 g/mol. The molecule has 1 amide bonds. The highest BCUT2D eigenvalue weighted by Crippen LogP contribution is 2.19. The van der Waals surface area contributed by atoms with E-state index in [0.29, 0.717) is 24.2 Å². The maximum Gasteiger partial charge on any atom is 0.255 e. The van der Waals surface area contributed by atoms with Crippen LogP contribution in [0.15, 0.2) is 18.5 Å². The molecule has 1 rings (SSSR count). The molecule has 0 spiro atoms. The zero-order chi connectivity index (χ0) is 13.6. The van der Waals surface area contributed by atoms with Crippen LogP contribution in [0.4, 0.5) is 0 Å². The number of aliphatic hydroxyl groups is 1. The lowest BCUT2D eigenvalue weighted by molar-refractivity contribution is 0.0814. The van der Waals surface area contributed by atoms with Gasteiger partial charge in [-0.3, -0.25) is 9.78 Å². The Labute approximate surface area is 107 Å². The number of ether oxygens (including phenoxy) is 1. The molecular formula is C13H20N2O3. The molecule has 5 heteroatoms. The largest absolute Gasteiger partial charge is 0.494 e. The second kappa shape index (κ2) is 6.35. The molecule has 18 heavy (non-hydrogen) atoms. The first kappa shape index (κ1) is 14.4. The van der Waals surface area contributed by atoms with E-state index < -0.39 is 5.54 Å². The van der Waals surface area contributed by atoms with Crippen molar-refractivity contribution in [3.05, 3.63) is 24.0 Å². The van der Waals surface area contributed by atoms with Crippen molar-refractivity contribution in [1.82, 2.24) is 10.3 Å². The lowest BCUT2D eigenvalue weighted by Crippen LogP contribution is -2.50. The van der Waals surface area contributed by atoms with Crippen molar-refractivity contribution in [2.24, 2.45) is 0 Å². The molecule has 0 aliphatic carbocycles. The van der Waals surface area contributed by atoms with E-state index in [9.17, 15) is 9.90 Å². The van der Waals surface area contributed by atoms with Gasteiger partial charge in [-0.25, -0.2) is 0 Å². The number of methoxy groups -OCH3 is 1. The summed E-state index contributed by atoms with van der Waals surface area (Å²) in [7, 11) is 1.49. The summed E-state index contributed by atoms with van der Waals surface area (Å²) in [5.74, 6) is 0.168. The fourth-order valence-electron chi connectivity index (χ4n) is 1.73. The molecule has 100 valence electrons. The minimum absolute atomic E-state index is 0.0842.